The van der Waals surface area contributed by atoms with Crippen molar-refractivity contribution in [2.45, 2.75) is 31.9 Å². The van der Waals surface area contributed by atoms with E-state index in [-0.39, 0.29) is 11.8 Å². The van der Waals surface area contributed by atoms with E-state index in [9.17, 15) is 18.0 Å². The molecule has 3 aromatic rings. The molecular formula is C26H20F3N3O3. The van der Waals surface area contributed by atoms with Crippen molar-refractivity contribution in [1.82, 2.24) is 4.98 Å². The fourth-order valence-corrected chi connectivity index (χ4v) is 4.77. The van der Waals surface area contributed by atoms with Crippen LogP contribution in [0, 0.1) is 5.92 Å². The predicted molar refractivity (Wildman–Crippen MR) is 123 cm³/mol. The van der Waals surface area contributed by atoms with Crippen LogP contribution in [0.1, 0.15) is 28.7 Å². The molecule has 1 atom stereocenters. The molecule has 178 valence electrons. The summed E-state index contributed by atoms with van der Waals surface area (Å²) in [5, 5.41) is 2.77. The number of ether oxygens (including phenoxy) is 2. The Balaban J connectivity index is 1.20. The average Bonchev–Trinajstić information content (AvgIpc) is 3.27. The number of nitrogens with one attached hydrogen (secondary N) is 1. The van der Waals surface area contributed by atoms with Gasteiger partial charge in [-0.3, -0.25) is 9.79 Å². The van der Waals surface area contributed by atoms with Gasteiger partial charge in [0.15, 0.2) is 0 Å². The molecule has 0 spiro atoms. The van der Waals surface area contributed by atoms with Gasteiger partial charge < -0.3 is 14.8 Å². The van der Waals surface area contributed by atoms with Crippen LogP contribution in [0.4, 0.5) is 24.7 Å². The second kappa shape index (κ2) is 8.11. The van der Waals surface area contributed by atoms with Gasteiger partial charge >= 0.3 is 6.18 Å². The average molecular weight is 479 g/mol. The SMILES string of the molecule is O=C1CCc2c(Oc3ccc4c(c3)CC(C3=Nc5ccc(C(F)(F)F)cc5C3)CO4)ccnc2N1. The number of pyridine rings is 1. The van der Waals surface area contributed by atoms with Crippen molar-refractivity contribution < 1.29 is 27.4 Å². The largest absolute Gasteiger partial charge is 0.493 e. The molecule has 1 amide bonds. The summed E-state index contributed by atoms with van der Waals surface area (Å²) in [6, 6.07) is 11.1. The van der Waals surface area contributed by atoms with Crippen molar-refractivity contribution in [2.75, 3.05) is 11.9 Å². The molecule has 1 unspecified atom stereocenters. The number of fused-ring (bicyclic) bond motifs is 3. The Hall–Kier alpha value is -3.88. The summed E-state index contributed by atoms with van der Waals surface area (Å²) in [5.74, 6) is 2.44. The van der Waals surface area contributed by atoms with Crippen molar-refractivity contribution in [3.8, 4) is 17.2 Å². The fourth-order valence-electron chi connectivity index (χ4n) is 4.77. The first-order valence-electron chi connectivity index (χ1n) is 11.3. The summed E-state index contributed by atoms with van der Waals surface area (Å²) >= 11 is 0. The minimum Gasteiger partial charge on any atom is -0.493 e. The molecule has 1 aromatic heterocycles. The van der Waals surface area contributed by atoms with Gasteiger partial charge in [-0.05, 0) is 66.4 Å². The van der Waals surface area contributed by atoms with Gasteiger partial charge in [-0.1, -0.05) is 0 Å². The zero-order valence-electron chi connectivity index (χ0n) is 18.5. The summed E-state index contributed by atoms with van der Waals surface area (Å²) < 4.78 is 51.4. The molecule has 1 N–H and O–H groups in total. The third kappa shape index (κ3) is 4.11. The first-order chi connectivity index (χ1) is 16.8. The third-order valence-electron chi connectivity index (χ3n) is 6.55. The van der Waals surface area contributed by atoms with Crippen LogP contribution in [0.2, 0.25) is 0 Å². The fraction of sp³-hybridized carbons (Fsp3) is 0.269. The van der Waals surface area contributed by atoms with Crippen LogP contribution in [0.5, 0.6) is 17.2 Å². The van der Waals surface area contributed by atoms with Gasteiger partial charge in [0, 0.05) is 36.2 Å². The normalized spacial score (nSPS) is 18.5. The Labute approximate surface area is 198 Å². The van der Waals surface area contributed by atoms with Crippen LogP contribution in [0.15, 0.2) is 53.7 Å². The third-order valence-corrected chi connectivity index (χ3v) is 6.55. The lowest BCUT2D eigenvalue weighted by atomic mass is 9.90. The number of halogens is 3. The van der Waals surface area contributed by atoms with Gasteiger partial charge in [0.2, 0.25) is 5.91 Å². The highest BCUT2D eigenvalue weighted by Crippen LogP contribution is 2.39. The zero-order chi connectivity index (χ0) is 24.2. The van der Waals surface area contributed by atoms with Crippen LogP contribution < -0.4 is 14.8 Å². The number of benzene rings is 2. The summed E-state index contributed by atoms with van der Waals surface area (Å²) in [6.45, 7) is 0.420. The van der Waals surface area contributed by atoms with Crippen LogP contribution in [-0.4, -0.2) is 23.2 Å². The Morgan fingerprint density at radius 1 is 1.06 bits per heavy atom. The maximum absolute atomic E-state index is 13.1. The number of carbonyl (C=O) groups is 1. The van der Waals surface area contributed by atoms with Crippen molar-refractivity contribution >= 4 is 23.1 Å². The van der Waals surface area contributed by atoms with Crippen molar-refractivity contribution in [2.24, 2.45) is 10.9 Å². The van der Waals surface area contributed by atoms with Gasteiger partial charge in [-0.2, -0.15) is 13.2 Å². The number of nitrogens with zero attached hydrogens (tertiary/aromatic N) is 2. The highest BCUT2D eigenvalue weighted by Gasteiger charge is 2.33. The summed E-state index contributed by atoms with van der Waals surface area (Å²) in [7, 11) is 0. The van der Waals surface area contributed by atoms with Crippen LogP contribution >= 0.6 is 0 Å². The number of aliphatic imine (C=N–C) groups is 1. The van der Waals surface area contributed by atoms with E-state index in [4.69, 9.17) is 9.47 Å². The van der Waals surface area contributed by atoms with Crippen molar-refractivity contribution in [1.29, 1.82) is 0 Å². The molecule has 35 heavy (non-hydrogen) atoms. The Morgan fingerprint density at radius 2 is 1.94 bits per heavy atom. The van der Waals surface area contributed by atoms with E-state index in [0.717, 1.165) is 28.7 Å². The van der Waals surface area contributed by atoms with E-state index >= 15 is 0 Å². The maximum Gasteiger partial charge on any atom is 0.416 e. The van der Waals surface area contributed by atoms with E-state index in [2.05, 4.69) is 15.3 Å². The lowest BCUT2D eigenvalue weighted by Gasteiger charge is -2.26. The number of aromatic nitrogens is 1. The number of hydrogen-bond donors (Lipinski definition) is 1. The second-order valence-corrected chi connectivity index (χ2v) is 8.89. The lowest BCUT2D eigenvalue weighted by molar-refractivity contribution is -0.137. The zero-order valence-corrected chi connectivity index (χ0v) is 18.5. The minimum absolute atomic E-state index is 0.0385. The predicted octanol–water partition coefficient (Wildman–Crippen LogP) is 5.66. The molecule has 3 aliphatic rings. The van der Waals surface area contributed by atoms with Crippen LogP contribution in [0.3, 0.4) is 0 Å². The Kier molecular flexibility index (Phi) is 5.01. The van der Waals surface area contributed by atoms with Gasteiger partial charge in [0.1, 0.15) is 23.1 Å². The molecule has 3 aliphatic heterocycles. The molecule has 0 saturated heterocycles. The van der Waals surface area contributed by atoms with E-state index in [0.29, 0.717) is 60.9 Å². The molecule has 6 nitrogen and oxygen atoms in total. The molecule has 0 saturated carbocycles. The number of hydrogen-bond acceptors (Lipinski definition) is 5. The minimum atomic E-state index is -4.37. The molecular weight excluding hydrogens is 459 g/mol. The van der Waals surface area contributed by atoms with E-state index in [1.165, 1.54) is 12.1 Å². The molecule has 6 rings (SSSR count). The van der Waals surface area contributed by atoms with E-state index in [1.807, 2.05) is 18.2 Å². The van der Waals surface area contributed by atoms with E-state index < -0.39 is 11.7 Å². The molecule has 2 aromatic carbocycles. The second-order valence-electron chi connectivity index (χ2n) is 8.89. The van der Waals surface area contributed by atoms with Crippen LogP contribution in [-0.2, 0) is 30.2 Å². The summed E-state index contributed by atoms with van der Waals surface area (Å²) in [6.07, 6.45) is -0.817. The van der Waals surface area contributed by atoms with Gasteiger partial charge in [-0.25, -0.2) is 4.98 Å². The topological polar surface area (TPSA) is 72.8 Å². The maximum atomic E-state index is 13.1. The monoisotopic (exact) mass is 479 g/mol. The summed E-state index contributed by atoms with van der Waals surface area (Å²) in [4.78, 5) is 20.5. The standard InChI is InChI=1S/C26H20F3N3O3/c27-26(28,29)17-1-4-20-14(10-17)12-21(31-20)16-9-15-11-18(2-5-22(15)34-13-16)35-23-7-8-30-25-19(23)3-6-24(33)32-25/h1-2,4-5,7-8,10-11,16H,3,6,9,12-13H2,(H,30,32,33). The van der Waals surface area contributed by atoms with Gasteiger partial charge in [0.05, 0.1) is 17.9 Å². The van der Waals surface area contributed by atoms with Crippen molar-refractivity contribution in [3.63, 3.8) is 0 Å². The first kappa shape index (κ1) is 21.6. The Bertz CT molecular complexity index is 1380. The quantitative estimate of drug-likeness (QED) is 0.526. The molecule has 0 bridgehead atoms. The molecule has 0 fully saturated rings. The summed E-state index contributed by atoms with van der Waals surface area (Å²) in [5.41, 5.74) is 3.16. The number of rotatable bonds is 3. The highest BCUT2D eigenvalue weighted by atomic mass is 19.4. The molecule has 4 heterocycles. The van der Waals surface area contributed by atoms with Gasteiger partial charge in [0.25, 0.3) is 0 Å². The number of alkyl halides is 3. The van der Waals surface area contributed by atoms with E-state index in [1.54, 1.807) is 12.3 Å². The van der Waals surface area contributed by atoms with Gasteiger partial charge in [-0.15, -0.1) is 0 Å². The number of carbonyl (C=O) groups excluding carboxylic acids is 1. The lowest BCUT2D eigenvalue weighted by Crippen LogP contribution is -2.28. The van der Waals surface area contributed by atoms with Crippen LogP contribution in [0.25, 0.3) is 0 Å². The highest BCUT2D eigenvalue weighted by molar-refractivity contribution is 5.96. The number of anilines is 1. The molecule has 0 radical (unpaired) electrons. The molecule has 9 heteroatoms. The first-order valence-corrected chi connectivity index (χ1v) is 11.3. The Morgan fingerprint density at radius 3 is 2.80 bits per heavy atom. The van der Waals surface area contributed by atoms with Crippen molar-refractivity contribution in [3.05, 3.63) is 70.9 Å². The smallest absolute Gasteiger partial charge is 0.416 e. The number of amides is 1. The molecule has 0 aliphatic carbocycles.